The molecule has 0 spiro atoms. The number of nitrogens with zero attached hydrogens (tertiary/aromatic N) is 1. The maximum atomic E-state index is 12.2. The minimum atomic E-state index is -1.06. The van der Waals surface area contributed by atoms with E-state index in [4.69, 9.17) is 5.11 Å². The fourth-order valence-corrected chi connectivity index (χ4v) is 3.15. The van der Waals surface area contributed by atoms with E-state index in [1.54, 1.807) is 6.07 Å². The Bertz CT molecular complexity index is 834. The lowest BCUT2D eigenvalue weighted by Gasteiger charge is -2.16. The third-order valence-electron chi connectivity index (χ3n) is 4.20. The second-order valence-electron chi connectivity index (χ2n) is 5.74. The number of rotatable bonds is 2. The van der Waals surface area contributed by atoms with Crippen molar-refractivity contribution in [2.45, 2.75) is 32.2 Å². The first-order valence-corrected chi connectivity index (χ1v) is 6.99. The fourth-order valence-electron chi connectivity index (χ4n) is 3.15. The molecule has 0 bridgehead atoms. The predicted molar refractivity (Wildman–Crippen MR) is 77.8 cm³/mol. The number of aromatic carboxylic acids is 1. The van der Waals surface area contributed by atoms with Crippen LogP contribution in [0.3, 0.4) is 0 Å². The van der Waals surface area contributed by atoms with Gasteiger partial charge in [-0.15, -0.1) is 0 Å². The Morgan fingerprint density at radius 2 is 2.10 bits per heavy atom. The van der Waals surface area contributed by atoms with Crippen LogP contribution in [0.1, 0.15) is 42.6 Å². The van der Waals surface area contributed by atoms with Crippen LogP contribution in [0.25, 0.3) is 11.0 Å². The van der Waals surface area contributed by atoms with Gasteiger partial charge in [0.25, 0.3) is 0 Å². The zero-order valence-electron chi connectivity index (χ0n) is 11.6. The average Bonchev–Trinajstić information content (AvgIpc) is 2.85. The maximum absolute atomic E-state index is 12.2. The fraction of sp³-hybridized carbons (Fsp3) is 0.400. The van der Waals surface area contributed by atoms with E-state index in [1.807, 2.05) is 0 Å². The highest BCUT2D eigenvalue weighted by Gasteiger charge is 2.25. The SMILES string of the molecule is CC1CCC(n2c(=O)c(=O)[nH]c3cc(C(=O)O)ccc32)C1. The third-order valence-corrected chi connectivity index (χ3v) is 4.20. The summed E-state index contributed by atoms with van der Waals surface area (Å²) in [6, 6.07) is 4.46. The number of carboxylic acid groups (broad SMARTS) is 1. The highest BCUT2D eigenvalue weighted by Crippen LogP contribution is 2.34. The first-order chi connectivity index (χ1) is 9.97. The highest BCUT2D eigenvalue weighted by molar-refractivity contribution is 5.92. The largest absolute Gasteiger partial charge is 0.478 e. The van der Waals surface area contributed by atoms with E-state index in [1.165, 1.54) is 16.7 Å². The Morgan fingerprint density at radius 1 is 1.33 bits per heavy atom. The summed E-state index contributed by atoms with van der Waals surface area (Å²) in [7, 11) is 0. The van der Waals surface area contributed by atoms with E-state index in [2.05, 4.69) is 11.9 Å². The molecule has 2 unspecified atom stereocenters. The minimum absolute atomic E-state index is 0.00739. The van der Waals surface area contributed by atoms with E-state index < -0.39 is 17.1 Å². The number of nitrogens with one attached hydrogen (secondary N) is 1. The Hall–Kier alpha value is -2.37. The van der Waals surface area contributed by atoms with Crippen molar-refractivity contribution in [2.24, 2.45) is 5.92 Å². The Labute approximate surface area is 120 Å². The summed E-state index contributed by atoms with van der Waals surface area (Å²) in [5.74, 6) is -0.542. The number of hydrogen-bond donors (Lipinski definition) is 2. The molecule has 3 rings (SSSR count). The van der Waals surface area contributed by atoms with Crippen LogP contribution in [0.4, 0.5) is 0 Å². The van der Waals surface area contributed by atoms with Crippen LogP contribution < -0.4 is 11.1 Å². The highest BCUT2D eigenvalue weighted by atomic mass is 16.4. The summed E-state index contributed by atoms with van der Waals surface area (Å²) in [5.41, 5.74) is -0.208. The molecule has 1 aliphatic carbocycles. The molecule has 2 atom stereocenters. The van der Waals surface area contributed by atoms with E-state index in [0.29, 0.717) is 17.0 Å². The van der Waals surface area contributed by atoms with Gasteiger partial charge in [0.15, 0.2) is 0 Å². The van der Waals surface area contributed by atoms with Gasteiger partial charge in [0.1, 0.15) is 0 Å². The van der Waals surface area contributed by atoms with Crippen molar-refractivity contribution in [3.8, 4) is 0 Å². The molecular formula is C15H16N2O4. The molecular weight excluding hydrogens is 272 g/mol. The van der Waals surface area contributed by atoms with Crippen molar-refractivity contribution >= 4 is 17.0 Å². The lowest BCUT2D eigenvalue weighted by Crippen LogP contribution is -2.38. The van der Waals surface area contributed by atoms with Crippen molar-refractivity contribution in [3.05, 3.63) is 44.5 Å². The second kappa shape index (κ2) is 4.87. The Balaban J connectivity index is 2.27. The van der Waals surface area contributed by atoms with Crippen LogP contribution in [-0.4, -0.2) is 20.6 Å². The molecule has 1 aromatic carbocycles. The number of H-pyrrole nitrogens is 1. The third kappa shape index (κ3) is 2.26. The monoisotopic (exact) mass is 288 g/mol. The number of aromatic nitrogens is 2. The Kier molecular flexibility index (Phi) is 3.16. The van der Waals surface area contributed by atoms with Crippen LogP contribution in [0.5, 0.6) is 0 Å². The van der Waals surface area contributed by atoms with Crippen LogP contribution >= 0.6 is 0 Å². The number of hydrogen-bond acceptors (Lipinski definition) is 3. The number of carboxylic acids is 1. The van der Waals surface area contributed by atoms with E-state index >= 15 is 0 Å². The van der Waals surface area contributed by atoms with Gasteiger partial charge in [-0.05, 0) is 43.4 Å². The van der Waals surface area contributed by atoms with E-state index in [9.17, 15) is 14.4 Å². The standard InChI is InChI=1S/C15H16N2O4/c1-8-2-4-10(6-8)17-12-5-3-9(15(20)21)7-11(12)16-13(18)14(17)19/h3,5,7-8,10H,2,4,6H2,1H3,(H,16,18)(H,20,21). The first-order valence-electron chi connectivity index (χ1n) is 6.99. The molecule has 0 radical (unpaired) electrons. The van der Waals surface area contributed by atoms with Gasteiger partial charge in [0.05, 0.1) is 16.6 Å². The summed E-state index contributed by atoms with van der Waals surface area (Å²) in [4.78, 5) is 37.5. The molecule has 6 nitrogen and oxygen atoms in total. The summed E-state index contributed by atoms with van der Waals surface area (Å²) in [6.45, 7) is 2.13. The summed E-state index contributed by atoms with van der Waals surface area (Å²) < 4.78 is 1.53. The van der Waals surface area contributed by atoms with Gasteiger partial charge in [-0.1, -0.05) is 6.92 Å². The van der Waals surface area contributed by atoms with Crippen LogP contribution in [0, 0.1) is 5.92 Å². The molecule has 0 saturated heterocycles. The lowest BCUT2D eigenvalue weighted by molar-refractivity contribution is 0.0697. The molecule has 1 saturated carbocycles. The van der Waals surface area contributed by atoms with E-state index in [0.717, 1.165) is 19.3 Å². The quantitative estimate of drug-likeness (QED) is 0.823. The molecule has 6 heteroatoms. The molecule has 0 aliphatic heterocycles. The molecule has 21 heavy (non-hydrogen) atoms. The average molecular weight is 288 g/mol. The Morgan fingerprint density at radius 3 is 2.71 bits per heavy atom. The van der Waals surface area contributed by atoms with Crippen LogP contribution in [0.2, 0.25) is 0 Å². The van der Waals surface area contributed by atoms with Gasteiger partial charge < -0.3 is 10.1 Å². The van der Waals surface area contributed by atoms with Gasteiger partial charge >= 0.3 is 17.1 Å². The minimum Gasteiger partial charge on any atom is -0.478 e. The zero-order valence-corrected chi connectivity index (χ0v) is 11.6. The van der Waals surface area contributed by atoms with Crippen LogP contribution in [0.15, 0.2) is 27.8 Å². The first kappa shape index (κ1) is 13.6. The molecule has 1 aromatic heterocycles. The van der Waals surface area contributed by atoms with Gasteiger partial charge in [0.2, 0.25) is 0 Å². The topological polar surface area (TPSA) is 92.2 Å². The van der Waals surface area contributed by atoms with Gasteiger partial charge in [-0.3, -0.25) is 14.2 Å². The second-order valence-corrected chi connectivity index (χ2v) is 5.74. The van der Waals surface area contributed by atoms with Gasteiger partial charge in [0, 0.05) is 6.04 Å². The summed E-state index contributed by atoms with van der Waals surface area (Å²) in [6.07, 6.45) is 2.75. The predicted octanol–water partition coefficient (Wildman–Crippen LogP) is 1.75. The normalized spacial score (nSPS) is 21.8. The molecule has 1 heterocycles. The molecule has 2 aromatic rings. The number of aromatic amines is 1. The van der Waals surface area contributed by atoms with Crippen molar-refractivity contribution in [1.82, 2.24) is 9.55 Å². The van der Waals surface area contributed by atoms with Crippen molar-refractivity contribution < 1.29 is 9.90 Å². The summed E-state index contributed by atoms with van der Waals surface area (Å²) in [5, 5.41) is 9.02. The molecule has 2 N–H and O–H groups in total. The summed E-state index contributed by atoms with van der Waals surface area (Å²) >= 11 is 0. The van der Waals surface area contributed by atoms with E-state index in [-0.39, 0.29) is 11.6 Å². The number of carbonyl (C=O) groups is 1. The van der Waals surface area contributed by atoms with Gasteiger partial charge in [-0.2, -0.15) is 0 Å². The van der Waals surface area contributed by atoms with Crippen molar-refractivity contribution in [3.63, 3.8) is 0 Å². The van der Waals surface area contributed by atoms with Crippen molar-refractivity contribution in [2.75, 3.05) is 0 Å². The number of benzene rings is 1. The molecule has 1 aliphatic rings. The van der Waals surface area contributed by atoms with Crippen molar-refractivity contribution in [1.29, 1.82) is 0 Å². The molecule has 110 valence electrons. The lowest BCUT2D eigenvalue weighted by atomic mass is 10.1. The molecule has 1 fully saturated rings. The van der Waals surface area contributed by atoms with Crippen LogP contribution in [-0.2, 0) is 0 Å². The maximum Gasteiger partial charge on any atom is 0.335 e. The van der Waals surface area contributed by atoms with Gasteiger partial charge in [-0.25, -0.2) is 4.79 Å². The molecule has 0 amide bonds. The smallest absolute Gasteiger partial charge is 0.335 e. The zero-order chi connectivity index (χ0) is 15.1. The number of fused-ring (bicyclic) bond motifs is 1.